The molecule has 4 heterocycles. The third-order valence-corrected chi connectivity index (χ3v) is 7.38. The van der Waals surface area contributed by atoms with Crippen molar-refractivity contribution in [2.75, 3.05) is 31.1 Å². The molecule has 9 heteroatoms. The van der Waals surface area contributed by atoms with Gasteiger partial charge in [0.1, 0.15) is 11.7 Å². The molecule has 8 nitrogen and oxygen atoms in total. The van der Waals surface area contributed by atoms with Crippen molar-refractivity contribution in [2.45, 2.75) is 57.2 Å². The van der Waals surface area contributed by atoms with E-state index in [2.05, 4.69) is 21.8 Å². The monoisotopic (exact) mass is 482 g/mol. The number of ether oxygens (including phenoxy) is 1. The van der Waals surface area contributed by atoms with Crippen molar-refractivity contribution in [3.05, 3.63) is 53.1 Å². The first-order valence-electron chi connectivity index (χ1n) is 12.3. The maximum absolute atomic E-state index is 15.0. The van der Waals surface area contributed by atoms with Crippen LogP contribution in [0, 0.1) is 5.82 Å². The number of nitrogens with zero attached hydrogens (tertiary/aromatic N) is 4. The number of fused-ring (bicyclic) bond motifs is 1. The normalized spacial score (nSPS) is 21.3. The average Bonchev–Trinajstić information content (AvgIpc) is 3.31. The molecule has 1 saturated heterocycles. The highest BCUT2D eigenvalue weighted by Gasteiger charge is 2.45. The van der Waals surface area contributed by atoms with Crippen LogP contribution in [0.3, 0.4) is 0 Å². The number of anilines is 1. The summed E-state index contributed by atoms with van der Waals surface area (Å²) in [6.07, 6.45) is 8.05. The molecule has 0 aliphatic carbocycles. The van der Waals surface area contributed by atoms with E-state index in [1.807, 2.05) is 24.5 Å². The highest BCUT2D eigenvalue weighted by Crippen LogP contribution is 2.41. The van der Waals surface area contributed by atoms with E-state index in [1.165, 1.54) is 11.0 Å². The molecule has 186 valence electrons. The van der Waals surface area contributed by atoms with Crippen LogP contribution < -0.4 is 9.64 Å². The molecule has 1 fully saturated rings. The topological polar surface area (TPSA) is 99.0 Å². The van der Waals surface area contributed by atoms with Crippen LogP contribution in [0.4, 0.5) is 15.1 Å². The van der Waals surface area contributed by atoms with Gasteiger partial charge in [-0.3, -0.25) is 0 Å². The van der Waals surface area contributed by atoms with Crippen LogP contribution in [-0.2, 0) is 12.8 Å². The van der Waals surface area contributed by atoms with E-state index in [0.717, 1.165) is 35.1 Å². The van der Waals surface area contributed by atoms with Gasteiger partial charge in [-0.25, -0.2) is 19.2 Å². The van der Waals surface area contributed by atoms with Crippen LogP contribution in [0.2, 0.25) is 0 Å². The molecule has 35 heavy (non-hydrogen) atoms. The number of halogens is 1. The first-order chi connectivity index (χ1) is 16.9. The Hall–Kier alpha value is -3.20. The Balaban J connectivity index is 1.25. The standard InChI is InChI=1S/C26H31FN4O4/c1-2-3-17-15-28-24(29-16-17)30-10-6-26(34,7-11-30)22-14-20-12-19(13-21(27)23(20)35-22)18-4-8-31(9-5-18)25(32)33/h4,12-13,15-16,22,34H,2-3,5-11,14H2,1H3,(H,32,33). The molecule has 2 N–H and O–H groups in total. The van der Waals surface area contributed by atoms with Gasteiger partial charge in [-0.2, -0.15) is 0 Å². The predicted octanol–water partition coefficient (Wildman–Crippen LogP) is 3.67. The summed E-state index contributed by atoms with van der Waals surface area (Å²) >= 11 is 0. The lowest BCUT2D eigenvalue weighted by Crippen LogP contribution is -2.53. The van der Waals surface area contributed by atoms with Crippen molar-refractivity contribution >= 4 is 17.6 Å². The molecular weight excluding hydrogens is 451 g/mol. The third kappa shape index (κ3) is 4.69. The molecule has 3 aliphatic rings. The second-order valence-electron chi connectivity index (χ2n) is 9.70. The lowest BCUT2D eigenvalue weighted by Gasteiger charge is -2.41. The minimum atomic E-state index is -1.06. The van der Waals surface area contributed by atoms with Crippen molar-refractivity contribution in [1.82, 2.24) is 14.9 Å². The Labute approximate surface area is 204 Å². The van der Waals surface area contributed by atoms with Gasteiger partial charge in [0.15, 0.2) is 11.6 Å². The number of rotatable bonds is 5. The number of hydrogen-bond acceptors (Lipinski definition) is 6. The number of aliphatic hydroxyl groups is 1. The molecular formula is C26H31FN4O4. The lowest BCUT2D eigenvalue weighted by molar-refractivity contribution is -0.0696. The molecule has 3 aliphatic heterocycles. The van der Waals surface area contributed by atoms with Crippen LogP contribution in [0.15, 0.2) is 30.6 Å². The zero-order valence-corrected chi connectivity index (χ0v) is 19.9. The quantitative estimate of drug-likeness (QED) is 0.671. The Bertz CT molecular complexity index is 1130. The van der Waals surface area contributed by atoms with Gasteiger partial charge in [0, 0.05) is 50.6 Å². The summed E-state index contributed by atoms with van der Waals surface area (Å²) in [6.45, 7) is 4.00. The van der Waals surface area contributed by atoms with Gasteiger partial charge in [-0.05, 0) is 54.5 Å². The van der Waals surface area contributed by atoms with E-state index in [0.29, 0.717) is 57.8 Å². The molecule has 1 aromatic carbocycles. The minimum Gasteiger partial charge on any atom is -0.484 e. The number of carbonyl (C=O) groups is 1. The van der Waals surface area contributed by atoms with E-state index in [9.17, 15) is 14.3 Å². The minimum absolute atomic E-state index is 0.216. The van der Waals surface area contributed by atoms with Crippen molar-refractivity contribution in [2.24, 2.45) is 0 Å². The average molecular weight is 483 g/mol. The highest BCUT2D eigenvalue weighted by molar-refractivity contribution is 5.72. The van der Waals surface area contributed by atoms with E-state index in [-0.39, 0.29) is 5.75 Å². The maximum Gasteiger partial charge on any atom is 0.407 e. The third-order valence-electron chi connectivity index (χ3n) is 7.38. The first-order valence-corrected chi connectivity index (χ1v) is 12.3. The molecule has 2 aromatic rings. The molecule has 1 amide bonds. The van der Waals surface area contributed by atoms with Gasteiger partial charge >= 0.3 is 6.09 Å². The number of aromatic nitrogens is 2. The van der Waals surface area contributed by atoms with Gasteiger partial charge in [-0.15, -0.1) is 0 Å². The number of benzene rings is 1. The van der Waals surface area contributed by atoms with E-state index < -0.39 is 23.6 Å². The van der Waals surface area contributed by atoms with E-state index in [1.54, 1.807) is 0 Å². The second-order valence-corrected chi connectivity index (χ2v) is 9.70. The predicted molar refractivity (Wildman–Crippen MR) is 129 cm³/mol. The molecule has 1 atom stereocenters. The molecule has 0 saturated carbocycles. The zero-order chi connectivity index (χ0) is 24.6. The first kappa shape index (κ1) is 23.5. The van der Waals surface area contributed by atoms with Crippen LogP contribution in [0.5, 0.6) is 5.75 Å². The van der Waals surface area contributed by atoms with Gasteiger partial charge in [0.25, 0.3) is 0 Å². The molecule has 0 radical (unpaired) electrons. The summed E-state index contributed by atoms with van der Waals surface area (Å²) in [5, 5.41) is 20.6. The van der Waals surface area contributed by atoms with Crippen molar-refractivity contribution in [3.8, 4) is 5.75 Å². The fourth-order valence-corrected chi connectivity index (χ4v) is 5.25. The summed E-state index contributed by atoms with van der Waals surface area (Å²) in [5.41, 5.74) is 2.49. The summed E-state index contributed by atoms with van der Waals surface area (Å²) < 4.78 is 21.0. The van der Waals surface area contributed by atoms with Gasteiger partial charge in [-0.1, -0.05) is 19.4 Å². The van der Waals surface area contributed by atoms with Gasteiger partial charge in [0.2, 0.25) is 5.95 Å². The Kier molecular flexibility index (Phi) is 6.35. The molecule has 1 aromatic heterocycles. The fourth-order valence-electron chi connectivity index (χ4n) is 5.25. The smallest absolute Gasteiger partial charge is 0.407 e. The lowest BCUT2D eigenvalue weighted by atomic mass is 9.84. The van der Waals surface area contributed by atoms with Crippen molar-refractivity contribution in [3.63, 3.8) is 0 Å². The summed E-state index contributed by atoms with van der Waals surface area (Å²) in [4.78, 5) is 23.5. The van der Waals surface area contributed by atoms with Crippen molar-refractivity contribution < 1.29 is 24.1 Å². The summed E-state index contributed by atoms with van der Waals surface area (Å²) in [5.74, 6) is 0.441. The Morgan fingerprint density at radius 3 is 2.60 bits per heavy atom. The number of aryl methyl sites for hydroxylation is 1. The molecule has 0 bridgehead atoms. The van der Waals surface area contributed by atoms with E-state index >= 15 is 0 Å². The van der Waals surface area contributed by atoms with Crippen molar-refractivity contribution in [1.29, 1.82) is 0 Å². The fraction of sp³-hybridized carbons (Fsp3) is 0.500. The molecule has 1 unspecified atom stereocenters. The van der Waals surface area contributed by atoms with Gasteiger partial charge < -0.3 is 24.7 Å². The van der Waals surface area contributed by atoms with Crippen LogP contribution >= 0.6 is 0 Å². The number of hydrogen-bond donors (Lipinski definition) is 2. The van der Waals surface area contributed by atoms with Gasteiger partial charge in [0.05, 0.1) is 0 Å². The Morgan fingerprint density at radius 1 is 1.23 bits per heavy atom. The zero-order valence-electron chi connectivity index (χ0n) is 19.9. The van der Waals surface area contributed by atoms with Crippen LogP contribution in [-0.4, -0.2) is 69.1 Å². The van der Waals surface area contributed by atoms with E-state index in [4.69, 9.17) is 9.84 Å². The number of amides is 1. The second kappa shape index (κ2) is 9.45. The SMILES string of the molecule is CCCc1cnc(N2CCC(O)(C3Cc4cc(C5=CCN(C(=O)O)CC5)cc(F)c4O3)CC2)nc1. The highest BCUT2D eigenvalue weighted by atomic mass is 19.1. The Morgan fingerprint density at radius 2 is 1.97 bits per heavy atom. The molecule has 0 spiro atoms. The summed E-state index contributed by atoms with van der Waals surface area (Å²) in [7, 11) is 0. The largest absolute Gasteiger partial charge is 0.484 e. The number of piperidine rings is 1. The van der Waals surface area contributed by atoms with Crippen LogP contribution in [0.1, 0.15) is 49.3 Å². The number of carboxylic acid groups (broad SMARTS) is 1. The summed E-state index contributed by atoms with van der Waals surface area (Å²) in [6, 6.07) is 3.38. The van der Waals surface area contributed by atoms with Crippen LogP contribution in [0.25, 0.3) is 5.57 Å². The maximum atomic E-state index is 15.0. The molecule has 5 rings (SSSR count).